The van der Waals surface area contributed by atoms with Gasteiger partial charge in [-0.3, -0.25) is 0 Å². The van der Waals surface area contributed by atoms with Crippen LogP contribution in [0.2, 0.25) is 0 Å². The average molecular weight is 268 g/mol. The summed E-state index contributed by atoms with van der Waals surface area (Å²) >= 11 is 1.65. The van der Waals surface area contributed by atoms with E-state index in [2.05, 4.69) is 4.74 Å². The summed E-state index contributed by atoms with van der Waals surface area (Å²) in [7, 11) is 1.06. The molecule has 0 saturated carbocycles. The quantitative estimate of drug-likeness (QED) is 0.552. The molecule has 0 bridgehead atoms. The zero-order valence-corrected chi connectivity index (χ0v) is 7.78. The summed E-state index contributed by atoms with van der Waals surface area (Å²) < 4.78 is 40.2. The predicted octanol–water partition coefficient (Wildman–Crippen LogP) is 2.39. The molecule has 1 atom stereocenters. The molecule has 62 valence electrons. The van der Waals surface area contributed by atoms with Gasteiger partial charge in [0, 0.05) is 11.5 Å². The third-order valence-corrected chi connectivity index (χ3v) is 2.76. The lowest BCUT2D eigenvalue weighted by atomic mass is 10.1. The van der Waals surface area contributed by atoms with Crippen molar-refractivity contribution >= 4 is 22.6 Å². The van der Waals surface area contributed by atoms with Crippen LogP contribution in [0.5, 0.6) is 0 Å². The SMILES string of the molecule is COC(C)(CI)C(F)(F)F. The van der Waals surface area contributed by atoms with Crippen LogP contribution in [0.3, 0.4) is 0 Å². The Hall–Kier alpha value is 0.480. The van der Waals surface area contributed by atoms with Crippen molar-refractivity contribution in [2.24, 2.45) is 0 Å². The van der Waals surface area contributed by atoms with Crippen molar-refractivity contribution in [2.75, 3.05) is 11.5 Å². The average Bonchev–Trinajstić information content (AvgIpc) is 1.84. The van der Waals surface area contributed by atoms with E-state index in [1.54, 1.807) is 22.6 Å². The third kappa shape index (κ3) is 1.98. The monoisotopic (exact) mass is 268 g/mol. The van der Waals surface area contributed by atoms with Gasteiger partial charge in [0.1, 0.15) is 0 Å². The molecule has 0 heterocycles. The fourth-order valence-corrected chi connectivity index (χ4v) is 0.990. The molecule has 0 spiro atoms. The summed E-state index contributed by atoms with van der Waals surface area (Å²) in [6.45, 7) is 1.03. The fourth-order valence-electron chi connectivity index (χ4n) is 0.246. The van der Waals surface area contributed by atoms with Gasteiger partial charge in [0.25, 0.3) is 0 Å². The van der Waals surface area contributed by atoms with Gasteiger partial charge in [0.2, 0.25) is 0 Å². The van der Waals surface area contributed by atoms with Gasteiger partial charge in [-0.05, 0) is 6.92 Å². The minimum absolute atomic E-state index is 0.0925. The van der Waals surface area contributed by atoms with Gasteiger partial charge in [-0.2, -0.15) is 13.2 Å². The standard InChI is InChI=1S/C5H8F3IO/c1-4(3-9,10-2)5(6,7)8/h3H2,1-2H3. The van der Waals surface area contributed by atoms with Crippen LogP contribution in [-0.2, 0) is 4.74 Å². The largest absolute Gasteiger partial charge is 0.417 e. The predicted molar refractivity (Wildman–Crippen MR) is 40.4 cm³/mol. The first-order valence-corrected chi connectivity index (χ1v) is 4.08. The second-order valence-electron chi connectivity index (χ2n) is 2.07. The molecule has 1 nitrogen and oxygen atoms in total. The number of halogens is 4. The topological polar surface area (TPSA) is 9.23 Å². The van der Waals surface area contributed by atoms with E-state index in [0.29, 0.717) is 0 Å². The number of methoxy groups -OCH3 is 1. The molecule has 0 aliphatic rings. The Labute approximate surface area is 71.1 Å². The lowest BCUT2D eigenvalue weighted by Gasteiger charge is -2.28. The van der Waals surface area contributed by atoms with Crippen molar-refractivity contribution in [3.8, 4) is 0 Å². The van der Waals surface area contributed by atoms with Gasteiger partial charge in [0.15, 0.2) is 5.60 Å². The maximum atomic E-state index is 12.0. The van der Waals surface area contributed by atoms with Crippen molar-refractivity contribution in [1.82, 2.24) is 0 Å². The summed E-state index contributed by atoms with van der Waals surface area (Å²) in [6, 6.07) is 0. The van der Waals surface area contributed by atoms with Crippen molar-refractivity contribution in [1.29, 1.82) is 0 Å². The molecular formula is C5H8F3IO. The lowest BCUT2D eigenvalue weighted by Crippen LogP contribution is -2.45. The molecule has 0 aliphatic carbocycles. The Bertz CT molecular complexity index is 108. The molecule has 0 N–H and O–H groups in total. The molecule has 0 fully saturated rings. The summed E-state index contributed by atoms with van der Waals surface area (Å²) in [5.41, 5.74) is -1.99. The van der Waals surface area contributed by atoms with Gasteiger partial charge in [-0.25, -0.2) is 0 Å². The number of hydrogen-bond donors (Lipinski definition) is 0. The summed E-state index contributed by atoms with van der Waals surface area (Å²) in [4.78, 5) is 0. The zero-order valence-electron chi connectivity index (χ0n) is 5.63. The first-order valence-electron chi connectivity index (χ1n) is 2.55. The minimum Gasteiger partial charge on any atom is -0.368 e. The van der Waals surface area contributed by atoms with Gasteiger partial charge < -0.3 is 4.74 Å². The highest BCUT2D eigenvalue weighted by atomic mass is 127. The van der Waals surface area contributed by atoms with Crippen LogP contribution in [-0.4, -0.2) is 23.3 Å². The first kappa shape index (κ1) is 10.5. The number of hydrogen-bond acceptors (Lipinski definition) is 1. The van der Waals surface area contributed by atoms with Crippen LogP contribution < -0.4 is 0 Å². The molecule has 10 heavy (non-hydrogen) atoms. The molecule has 0 saturated heterocycles. The van der Waals surface area contributed by atoms with E-state index in [-0.39, 0.29) is 4.43 Å². The van der Waals surface area contributed by atoms with Crippen molar-refractivity contribution in [3.05, 3.63) is 0 Å². The zero-order chi connectivity index (χ0) is 8.41. The van der Waals surface area contributed by atoms with Gasteiger partial charge in [0.05, 0.1) is 0 Å². The number of rotatable bonds is 2. The van der Waals surface area contributed by atoms with Gasteiger partial charge >= 0.3 is 6.18 Å². The summed E-state index contributed by atoms with van der Waals surface area (Å²) in [5.74, 6) is 0. The molecule has 0 radical (unpaired) electrons. The molecule has 0 aliphatic heterocycles. The Balaban J connectivity index is 4.33. The van der Waals surface area contributed by atoms with E-state index >= 15 is 0 Å². The number of ether oxygens (including phenoxy) is 1. The van der Waals surface area contributed by atoms with Crippen LogP contribution in [0, 0.1) is 0 Å². The van der Waals surface area contributed by atoms with Crippen molar-refractivity contribution in [3.63, 3.8) is 0 Å². The van der Waals surface area contributed by atoms with Gasteiger partial charge in [-0.1, -0.05) is 22.6 Å². The maximum Gasteiger partial charge on any atom is 0.417 e. The highest BCUT2D eigenvalue weighted by Gasteiger charge is 2.50. The van der Waals surface area contributed by atoms with E-state index in [4.69, 9.17) is 0 Å². The Morgan fingerprint density at radius 1 is 1.40 bits per heavy atom. The molecule has 0 aromatic rings. The third-order valence-electron chi connectivity index (χ3n) is 1.31. The van der Waals surface area contributed by atoms with Crippen LogP contribution in [0.15, 0.2) is 0 Å². The lowest BCUT2D eigenvalue weighted by molar-refractivity contribution is -0.251. The van der Waals surface area contributed by atoms with E-state index in [1.807, 2.05) is 0 Å². The van der Waals surface area contributed by atoms with Crippen LogP contribution >= 0.6 is 22.6 Å². The Morgan fingerprint density at radius 2 is 1.80 bits per heavy atom. The van der Waals surface area contributed by atoms with E-state index in [9.17, 15) is 13.2 Å². The van der Waals surface area contributed by atoms with E-state index in [0.717, 1.165) is 14.0 Å². The van der Waals surface area contributed by atoms with Crippen LogP contribution in [0.25, 0.3) is 0 Å². The van der Waals surface area contributed by atoms with Crippen LogP contribution in [0.4, 0.5) is 13.2 Å². The Morgan fingerprint density at radius 3 is 1.80 bits per heavy atom. The van der Waals surface area contributed by atoms with Crippen molar-refractivity contribution in [2.45, 2.75) is 18.7 Å². The molecular weight excluding hydrogens is 260 g/mol. The number of alkyl halides is 4. The first-order chi connectivity index (χ1) is 4.37. The second-order valence-corrected chi connectivity index (χ2v) is 2.83. The van der Waals surface area contributed by atoms with E-state index in [1.165, 1.54) is 0 Å². The van der Waals surface area contributed by atoms with Gasteiger partial charge in [-0.15, -0.1) is 0 Å². The highest BCUT2D eigenvalue weighted by molar-refractivity contribution is 14.1. The smallest absolute Gasteiger partial charge is 0.368 e. The summed E-state index contributed by atoms with van der Waals surface area (Å²) in [6.07, 6.45) is -4.27. The van der Waals surface area contributed by atoms with Crippen LogP contribution in [0.1, 0.15) is 6.92 Å². The highest BCUT2D eigenvalue weighted by Crippen LogP contribution is 2.34. The molecule has 0 aromatic carbocycles. The molecule has 0 rings (SSSR count). The molecule has 1 unspecified atom stereocenters. The fraction of sp³-hybridized carbons (Fsp3) is 1.00. The Kier molecular flexibility index (Phi) is 3.41. The maximum absolute atomic E-state index is 12.0. The van der Waals surface area contributed by atoms with E-state index < -0.39 is 11.8 Å². The molecule has 0 aromatic heterocycles. The molecule has 0 amide bonds. The minimum atomic E-state index is -4.27. The molecule has 5 heteroatoms. The summed E-state index contributed by atoms with van der Waals surface area (Å²) in [5, 5.41) is 0. The normalized spacial score (nSPS) is 18.6. The second kappa shape index (κ2) is 3.25. The van der Waals surface area contributed by atoms with Crippen molar-refractivity contribution < 1.29 is 17.9 Å².